The van der Waals surface area contributed by atoms with E-state index < -0.39 is 5.97 Å². The second-order valence-electron chi connectivity index (χ2n) is 6.64. The summed E-state index contributed by atoms with van der Waals surface area (Å²) in [5.74, 6) is -0.740. The lowest BCUT2D eigenvalue weighted by molar-refractivity contribution is -0.110. The maximum absolute atomic E-state index is 12.9. The largest absolute Gasteiger partial charge is 0.465 e. The number of carbonyl (C=O) groups excluding carboxylic acids is 2. The van der Waals surface area contributed by atoms with Crippen LogP contribution < -0.4 is 10.6 Å². The average molecular weight is 395 g/mol. The van der Waals surface area contributed by atoms with Crippen molar-refractivity contribution in [3.63, 3.8) is 0 Å². The molecule has 4 rings (SSSR count). The number of nitriles is 1. The Hall–Kier alpha value is -4.37. The Bertz CT molecular complexity index is 1210. The molecule has 6 nitrogen and oxygen atoms in total. The molecule has 1 heterocycles. The number of nitrogens with zero attached hydrogens (tertiary/aromatic N) is 1. The topological polar surface area (TPSA) is 91.2 Å². The van der Waals surface area contributed by atoms with E-state index in [1.807, 2.05) is 30.3 Å². The van der Waals surface area contributed by atoms with Gasteiger partial charge in [0.1, 0.15) is 0 Å². The van der Waals surface area contributed by atoms with Crippen molar-refractivity contribution in [2.24, 2.45) is 0 Å². The molecule has 3 aromatic rings. The van der Waals surface area contributed by atoms with Crippen molar-refractivity contribution < 1.29 is 14.3 Å². The van der Waals surface area contributed by atoms with Gasteiger partial charge in [0.15, 0.2) is 0 Å². The highest BCUT2D eigenvalue weighted by molar-refractivity contribution is 6.37. The molecule has 0 aliphatic carbocycles. The number of rotatable bonds is 4. The lowest BCUT2D eigenvalue weighted by Gasteiger charge is -2.15. The van der Waals surface area contributed by atoms with Crippen LogP contribution in [-0.4, -0.2) is 19.0 Å². The number of hydrogen-bond donors (Lipinski definition) is 2. The summed E-state index contributed by atoms with van der Waals surface area (Å²) in [5.41, 5.74) is 4.82. The summed E-state index contributed by atoms with van der Waals surface area (Å²) in [6, 6.07) is 23.6. The second-order valence-corrected chi connectivity index (χ2v) is 6.64. The van der Waals surface area contributed by atoms with Crippen LogP contribution in [0.3, 0.4) is 0 Å². The Morgan fingerprint density at radius 1 is 1.00 bits per heavy atom. The van der Waals surface area contributed by atoms with Crippen molar-refractivity contribution in [2.75, 3.05) is 17.7 Å². The van der Waals surface area contributed by atoms with Crippen molar-refractivity contribution in [3.05, 3.63) is 95.1 Å². The van der Waals surface area contributed by atoms with Crippen LogP contribution >= 0.6 is 0 Å². The van der Waals surface area contributed by atoms with Crippen molar-refractivity contribution in [1.29, 1.82) is 5.26 Å². The Morgan fingerprint density at radius 3 is 2.40 bits per heavy atom. The normalized spacial score (nSPS) is 13.7. The number of carbonyl (C=O) groups is 2. The molecule has 0 fully saturated rings. The summed E-state index contributed by atoms with van der Waals surface area (Å²) in [4.78, 5) is 24.8. The number of esters is 1. The van der Waals surface area contributed by atoms with Crippen LogP contribution in [0, 0.1) is 11.3 Å². The first-order valence-electron chi connectivity index (χ1n) is 9.21. The molecule has 2 N–H and O–H groups in total. The predicted octanol–water partition coefficient (Wildman–Crippen LogP) is 4.28. The van der Waals surface area contributed by atoms with E-state index in [1.165, 1.54) is 7.11 Å². The molecular formula is C24H17N3O3. The van der Waals surface area contributed by atoms with Gasteiger partial charge in [0.05, 0.1) is 41.3 Å². The minimum absolute atomic E-state index is 0.271. The van der Waals surface area contributed by atoms with Gasteiger partial charge in [-0.25, -0.2) is 4.79 Å². The molecule has 3 aromatic carbocycles. The number of hydrogen-bond acceptors (Lipinski definition) is 5. The molecule has 0 radical (unpaired) electrons. The third-order valence-electron chi connectivity index (χ3n) is 4.78. The smallest absolute Gasteiger partial charge is 0.337 e. The molecule has 1 aliphatic heterocycles. The van der Waals surface area contributed by atoms with Crippen molar-refractivity contribution in [3.8, 4) is 6.07 Å². The van der Waals surface area contributed by atoms with Crippen LogP contribution in [0.2, 0.25) is 0 Å². The molecule has 30 heavy (non-hydrogen) atoms. The zero-order valence-electron chi connectivity index (χ0n) is 16.1. The van der Waals surface area contributed by atoms with Crippen LogP contribution in [0.4, 0.5) is 11.4 Å². The standard InChI is InChI=1S/C24H17N3O3/c1-30-24(29)17-9-12-19-20(13-17)27-23(28)21(19)22(16-5-3-2-4-6-16)26-18-10-7-15(14-25)8-11-18/h2-13,26H,1H3,(H,27,28). The summed E-state index contributed by atoms with van der Waals surface area (Å²) < 4.78 is 4.77. The van der Waals surface area contributed by atoms with Gasteiger partial charge in [-0.15, -0.1) is 0 Å². The third kappa shape index (κ3) is 3.52. The van der Waals surface area contributed by atoms with Crippen LogP contribution in [0.15, 0.2) is 72.8 Å². The van der Waals surface area contributed by atoms with Gasteiger partial charge >= 0.3 is 5.97 Å². The Morgan fingerprint density at radius 2 is 1.73 bits per heavy atom. The first kappa shape index (κ1) is 19.0. The molecule has 0 saturated heterocycles. The minimum Gasteiger partial charge on any atom is -0.465 e. The van der Waals surface area contributed by atoms with Crippen molar-refractivity contribution >= 4 is 34.5 Å². The van der Waals surface area contributed by atoms with Gasteiger partial charge in [0.2, 0.25) is 0 Å². The number of nitrogens with one attached hydrogen (secondary N) is 2. The second kappa shape index (κ2) is 7.94. The maximum atomic E-state index is 12.9. The van der Waals surface area contributed by atoms with Gasteiger partial charge in [0, 0.05) is 11.3 Å². The van der Waals surface area contributed by atoms with E-state index in [4.69, 9.17) is 10.00 Å². The number of fused-ring (bicyclic) bond motifs is 1. The Kier molecular flexibility index (Phi) is 5.02. The lowest BCUT2D eigenvalue weighted by atomic mass is 9.99. The average Bonchev–Trinajstić information content (AvgIpc) is 3.12. The summed E-state index contributed by atoms with van der Waals surface area (Å²) in [6.45, 7) is 0. The molecule has 0 unspecified atom stereocenters. The van der Waals surface area contributed by atoms with Gasteiger partial charge in [-0.3, -0.25) is 4.79 Å². The van der Waals surface area contributed by atoms with Crippen LogP contribution in [0.5, 0.6) is 0 Å². The molecule has 1 aliphatic rings. The molecule has 146 valence electrons. The minimum atomic E-state index is -0.469. The zero-order valence-corrected chi connectivity index (χ0v) is 16.1. The fourth-order valence-corrected chi connectivity index (χ4v) is 3.32. The highest BCUT2D eigenvalue weighted by atomic mass is 16.5. The summed E-state index contributed by atoms with van der Waals surface area (Å²) >= 11 is 0. The quantitative estimate of drug-likeness (QED) is 0.508. The summed E-state index contributed by atoms with van der Waals surface area (Å²) in [7, 11) is 1.31. The van der Waals surface area contributed by atoms with Crippen LogP contribution in [0.25, 0.3) is 11.3 Å². The first-order chi connectivity index (χ1) is 14.6. The fourth-order valence-electron chi connectivity index (χ4n) is 3.32. The third-order valence-corrected chi connectivity index (χ3v) is 4.78. The van der Waals surface area contributed by atoms with Gasteiger partial charge in [-0.1, -0.05) is 36.4 Å². The van der Waals surface area contributed by atoms with Gasteiger partial charge in [0.25, 0.3) is 5.91 Å². The van der Waals surface area contributed by atoms with Crippen molar-refractivity contribution in [1.82, 2.24) is 0 Å². The van der Waals surface area contributed by atoms with Gasteiger partial charge in [-0.05, 0) is 42.0 Å². The summed E-state index contributed by atoms with van der Waals surface area (Å²) in [6.07, 6.45) is 0. The maximum Gasteiger partial charge on any atom is 0.337 e. The van der Waals surface area contributed by atoms with Crippen LogP contribution in [-0.2, 0) is 9.53 Å². The Balaban J connectivity index is 1.85. The molecule has 1 amide bonds. The molecule has 6 heteroatoms. The number of ether oxygens (including phenoxy) is 1. The highest BCUT2D eigenvalue weighted by Gasteiger charge is 2.29. The number of amides is 1. The van der Waals surface area contributed by atoms with Gasteiger partial charge in [-0.2, -0.15) is 5.26 Å². The Labute approximate surface area is 173 Å². The molecule has 0 atom stereocenters. The first-order valence-corrected chi connectivity index (χ1v) is 9.21. The summed E-state index contributed by atoms with van der Waals surface area (Å²) in [5, 5.41) is 15.2. The number of benzene rings is 3. The zero-order chi connectivity index (χ0) is 21.1. The van der Waals surface area contributed by atoms with E-state index in [2.05, 4.69) is 16.7 Å². The van der Waals surface area contributed by atoms with Crippen molar-refractivity contribution in [2.45, 2.75) is 0 Å². The van der Waals surface area contributed by atoms with E-state index in [9.17, 15) is 9.59 Å². The molecule has 0 spiro atoms. The van der Waals surface area contributed by atoms with Crippen LogP contribution in [0.1, 0.15) is 27.0 Å². The molecular weight excluding hydrogens is 378 g/mol. The molecule has 0 bridgehead atoms. The van der Waals surface area contributed by atoms with E-state index in [-0.39, 0.29) is 5.91 Å². The van der Waals surface area contributed by atoms with E-state index in [1.54, 1.807) is 42.5 Å². The predicted molar refractivity (Wildman–Crippen MR) is 114 cm³/mol. The number of methoxy groups -OCH3 is 1. The van der Waals surface area contributed by atoms with E-state index in [0.717, 1.165) is 11.3 Å². The van der Waals surface area contributed by atoms with E-state index in [0.29, 0.717) is 33.6 Å². The highest BCUT2D eigenvalue weighted by Crippen LogP contribution is 2.38. The lowest BCUT2D eigenvalue weighted by Crippen LogP contribution is -2.10. The van der Waals surface area contributed by atoms with Gasteiger partial charge < -0.3 is 15.4 Å². The van der Waals surface area contributed by atoms with E-state index >= 15 is 0 Å². The SMILES string of the molecule is COC(=O)c1ccc2c(c1)NC(=O)C2=C(Nc1ccc(C#N)cc1)c1ccccc1. The monoisotopic (exact) mass is 395 g/mol. The number of anilines is 2. The molecule has 0 aromatic heterocycles. The molecule has 0 saturated carbocycles. The fraction of sp³-hybridized carbons (Fsp3) is 0.0417.